The van der Waals surface area contributed by atoms with E-state index in [1.54, 1.807) is 50.2 Å². The maximum Gasteiger partial charge on any atom is 0.251 e. The molecule has 5 N–H and O–H groups in total. The molecule has 42 heavy (non-hydrogen) atoms. The van der Waals surface area contributed by atoms with Gasteiger partial charge in [-0.05, 0) is 84.0 Å². The van der Waals surface area contributed by atoms with Gasteiger partial charge in [0.25, 0.3) is 5.91 Å². The first-order chi connectivity index (χ1) is 19.9. The predicted octanol–water partition coefficient (Wildman–Crippen LogP) is 4.99. The van der Waals surface area contributed by atoms with Gasteiger partial charge in [0.2, 0.25) is 5.95 Å². The zero-order valence-corrected chi connectivity index (χ0v) is 26.0. The van der Waals surface area contributed by atoms with Gasteiger partial charge in [-0.15, -0.1) is 0 Å². The van der Waals surface area contributed by atoms with Crippen molar-refractivity contribution in [1.82, 2.24) is 20.2 Å². The topological polar surface area (TPSA) is 152 Å². The van der Waals surface area contributed by atoms with E-state index in [0.717, 1.165) is 25.7 Å². The summed E-state index contributed by atoms with van der Waals surface area (Å²) in [6.45, 7) is 3.23. The van der Waals surface area contributed by atoms with Crippen LogP contribution in [0, 0.1) is 0 Å². The number of ether oxygens (including phenoxy) is 1. The number of nitrogens with two attached hydrogens (primary N) is 1. The molecule has 4 rings (SSSR count). The molecule has 1 aliphatic carbocycles. The van der Waals surface area contributed by atoms with Gasteiger partial charge in [0.15, 0.2) is 15.7 Å². The van der Waals surface area contributed by atoms with Crippen LogP contribution in [-0.4, -0.2) is 67.7 Å². The molecular weight excluding hydrogens is 578 g/mol. The summed E-state index contributed by atoms with van der Waals surface area (Å²) in [6.07, 6.45) is 3.96. The number of para-hydroxylation sites is 1. The number of nitrogens with one attached hydrogen (secondary N) is 3. The summed E-state index contributed by atoms with van der Waals surface area (Å²) in [5, 5.41) is 8.62. The third kappa shape index (κ3) is 7.05. The molecule has 13 heteroatoms. The van der Waals surface area contributed by atoms with Crippen molar-refractivity contribution in [3.05, 3.63) is 53.1 Å². The Balaban J connectivity index is 1.53. The van der Waals surface area contributed by atoms with Gasteiger partial charge in [0, 0.05) is 17.6 Å². The van der Waals surface area contributed by atoms with Crippen molar-refractivity contribution in [2.24, 2.45) is 0 Å². The molecule has 1 aliphatic rings. The van der Waals surface area contributed by atoms with E-state index < -0.39 is 15.1 Å². The molecular formula is C29H38ClN7O4S. The number of hydrogen-bond acceptors (Lipinski definition) is 10. The molecule has 0 spiro atoms. The maximum atomic E-state index is 13.0. The molecule has 0 radical (unpaired) electrons. The number of aromatic nitrogens is 2. The average Bonchev–Trinajstić information content (AvgIpc) is 2.96. The third-order valence-corrected chi connectivity index (χ3v) is 10.00. The van der Waals surface area contributed by atoms with Crippen LogP contribution in [-0.2, 0) is 9.84 Å². The standard InChI is InChI=1S/C29H38ClN7O4S/c1-17(2)42(39,40)24-9-7-6-8-22(24)33-27-25(30)26(31)35-29(36-27)34-21-15-10-18(16-23(21)41-5)28(38)32-19-11-13-20(14-12-19)37(3)4/h6-10,15-17,19-20H,11-14H2,1-5H3,(H,32,38)(H4,31,33,34,35,36). The molecule has 0 bridgehead atoms. The number of methoxy groups -OCH3 is 1. The Morgan fingerprint density at radius 1 is 1.05 bits per heavy atom. The molecule has 2 aromatic carbocycles. The monoisotopic (exact) mass is 615 g/mol. The second-order valence-corrected chi connectivity index (χ2v) is 13.6. The first kappa shape index (κ1) is 31.3. The van der Waals surface area contributed by atoms with E-state index in [9.17, 15) is 13.2 Å². The Kier molecular flexibility index (Phi) is 9.80. The summed E-state index contributed by atoms with van der Waals surface area (Å²) in [4.78, 5) is 24.0. The van der Waals surface area contributed by atoms with Crippen LogP contribution >= 0.6 is 11.6 Å². The molecule has 1 aromatic heterocycles. The first-order valence-electron chi connectivity index (χ1n) is 13.8. The summed E-state index contributed by atoms with van der Waals surface area (Å²) in [5.74, 6) is 0.439. The van der Waals surface area contributed by atoms with Crippen LogP contribution in [0.2, 0.25) is 5.02 Å². The summed E-state index contributed by atoms with van der Waals surface area (Å²) < 4.78 is 31.4. The Hall–Kier alpha value is -3.61. The van der Waals surface area contributed by atoms with Gasteiger partial charge in [-0.3, -0.25) is 4.79 Å². The number of nitrogen functional groups attached to an aromatic ring is 1. The van der Waals surface area contributed by atoms with Crippen molar-refractivity contribution < 1.29 is 17.9 Å². The highest BCUT2D eigenvalue weighted by Crippen LogP contribution is 2.34. The summed E-state index contributed by atoms with van der Waals surface area (Å²) in [6, 6.07) is 12.2. The molecule has 3 aromatic rings. The lowest BCUT2D eigenvalue weighted by Gasteiger charge is -2.33. The van der Waals surface area contributed by atoms with Crippen LogP contribution in [0.5, 0.6) is 5.75 Å². The molecule has 1 heterocycles. The highest BCUT2D eigenvalue weighted by Gasteiger charge is 2.25. The van der Waals surface area contributed by atoms with E-state index in [4.69, 9.17) is 22.1 Å². The van der Waals surface area contributed by atoms with Gasteiger partial charge in [0.1, 0.15) is 16.6 Å². The van der Waals surface area contributed by atoms with Gasteiger partial charge >= 0.3 is 0 Å². The van der Waals surface area contributed by atoms with Gasteiger partial charge in [0.05, 0.1) is 28.6 Å². The Bertz CT molecular complexity index is 1540. The average molecular weight is 616 g/mol. The second-order valence-electron chi connectivity index (χ2n) is 10.8. The number of carbonyl (C=O) groups is 1. The van der Waals surface area contributed by atoms with E-state index in [1.165, 1.54) is 13.2 Å². The van der Waals surface area contributed by atoms with E-state index >= 15 is 0 Å². The lowest BCUT2D eigenvalue weighted by atomic mass is 9.90. The van der Waals surface area contributed by atoms with Crippen molar-refractivity contribution in [1.29, 1.82) is 0 Å². The van der Waals surface area contributed by atoms with Crippen LogP contribution in [0.3, 0.4) is 0 Å². The zero-order chi connectivity index (χ0) is 30.6. The molecule has 1 saturated carbocycles. The number of anilines is 5. The molecule has 0 atom stereocenters. The highest BCUT2D eigenvalue weighted by atomic mass is 35.5. The molecule has 0 unspecified atom stereocenters. The Labute approximate surface area is 252 Å². The number of amides is 1. The number of sulfone groups is 1. The van der Waals surface area contributed by atoms with Crippen LogP contribution < -0.4 is 26.4 Å². The smallest absolute Gasteiger partial charge is 0.251 e. The van der Waals surface area contributed by atoms with E-state index in [1.807, 2.05) is 0 Å². The van der Waals surface area contributed by atoms with Crippen molar-refractivity contribution in [3.63, 3.8) is 0 Å². The largest absolute Gasteiger partial charge is 0.495 e. The van der Waals surface area contributed by atoms with Crippen LogP contribution in [0.15, 0.2) is 47.4 Å². The Morgan fingerprint density at radius 3 is 2.38 bits per heavy atom. The van der Waals surface area contributed by atoms with Crippen LogP contribution in [0.25, 0.3) is 0 Å². The summed E-state index contributed by atoms with van der Waals surface area (Å²) in [5.41, 5.74) is 7.35. The van der Waals surface area contributed by atoms with Gasteiger partial charge in [-0.1, -0.05) is 23.7 Å². The maximum absolute atomic E-state index is 13.0. The molecule has 1 fully saturated rings. The van der Waals surface area contributed by atoms with E-state index in [2.05, 4.69) is 44.9 Å². The predicted molar refractivity (Wildman–Crippen MR) is 167 cm³/mol. The number of rotatable bonds is 10. The molecule has 0 saturated heterocycles. The SMILES string of the molecule is COc1cc(C(=O)NC2CCC(N(C)C)CC2)ccc1Nc1nc(N)c(Cl)c(Nc2ccccc2S(=O)(=O)C(C)C)n1. The molecule has 1 amide bonds. The number of nitrogens with zero attached hydrogens (tertiary/aromatic N) is 3. The van der Waals surface area contributed by atoms with E-state index in [-0.39, 0.29) is 39.5 Å². The number of hydrogen-bond donors (Lipinski definition) is 4. The van der Waals surface area contributed by atoms with Crippen molar-refractivity contribution >= 4 is 56.3 Å². The molecule has 0 aliphatic heterocycles. The molecule has 226 valence electrons. The number of halogens is 1. The lowest BCUT2D eigenvalue weighted by molar-refractivity contribution is 0.0916. The fourth-order valence-electron chi connectivity index (χ4n) is 4.86. The van der Waals surface area contributed by atoms with Gasteiger partial charge < -0.3 is 31.3 Å². The summed E-state index contributed by atoms with van der Waals surface area (Å²) >= 11 is 6.40. The summed E-state index contributed by atoms with van der Waals surface area (Å²) in [7, 11) is 2.09. The quantitative estimate of drug-likeness (QED) is 0.245. The van der Waals surface area contributed by atoms with Crippen LogP contribution in [0.4, 0.5) is 29.0 Å². The molecule has 11 nitrogen and oxygen atoms in total. The fraction of sp³-hybridized carbons (Fsp3) is 0.414. The second kappa shape index (κ2) is 13.1. The van der Waals surface area contributed by atoms with Gasteiger partial charge in [-0.25, -0.2) is 8.42 Å². The minimum Gasteiger partial charge on any atom is -0.495 e. The van der Waals surface area contributed by atoms with Crippen molar-refractivity contribution in [3.8, 4) is 5.75 Å². The fourth-order valence-corrected chi connectivity index (χ4v) is 6.20. The highest BCUT2D eigenvalue weighted by molar-refractivity contribution is 7.92. The normalized spacial score (nSPS) is 17.2. The number of carbonyl (C=O) groups excluding carboxylic acids is 1. The van der Waals surface area contributed by atoms with Crippen molar-refractivity contribution in [2.45, 2.75) is 61.8 Å². The lowest BCUT2D eigenvalue weighted by Crippen LogP contribution is -2.41. The van der Waals surface area contributed by atoms with E-state index in [0.29, 0.717) is 28.7 Å². The Morgan fingerprint density at radius 2 is 1.74 bits per heavy atom. The van der Waals surface area contributed by atoms with Crippen molar-refractivity contribution in [2.75, 3.05) is 37.6 Å². The minimum absolute atomic E-state index is 0.0141. The van der Waals surface area contributed by atoms with Crippen LogP contribution in [0.1, 0.15) is 49.9 Å². The zero-order valence-electron chi connectivity index (χ0n) is 24.4. The third-order valence-electron chi connectivity index (χ3n) is 7.42. The first-order valence-corrected chi connectivity index (χ1v) is 15.7. The minimum atomic E-state index is -3.59. The van der Waals surface area contributed by atoms with Gasteiger partial charge in [-0.2, -0.15) is 9.97 Å². The number of benzene rings is 2.